The van der Waals surface area contributed by atoms with E-state index in [9.17, 15) is 4.39 Å². The summed E-state index contributed by atoms with van der Waals surface area (Å²) in [6, 6.07) is 6.73. The number of thiazole rings is 1. The van der Waals surface area contributed by atoms with E-state index < -0.39 is 0 Å². The van der Waals surface area contributed by atoms with E-state index >= 15 is 0 Å². The minimum atomic E-state index is -0.218. The highest BCUT2D eigenvalue weighted by Crippen LogP contribution is 2.30. The topological polar surface area (TPSA) is 24.9 Å². The van der Waals surface area contributed by atoms with Gasteiger partial charge in [-0.2, -0.15) is 0 Å². The molecule has 1 N–H and O–H groups in total. The van der Waals surface area contributed by atoms with Crippen molar-refractivity contribution in [2.75, 3.05) is 6.54 Å². The molecule has 1 atom stereocenters. The fourth-order valence-corrected chi connectivity index (χ4v) is 3.54. The Morgan fingerprint density at radius 1 is 1.29 bits per heavy atom. The number of likely N-dealkylation sites (N-methyl/N-ethyl adjacent to an activating group) is 1. The van der Waals surface area contributed by atoms with Crippen LogP contribution < -0.4 is 5.32 Å². The van der Waals surface area contributed by atoms with E-state index in [1.54, 1.807) is 11.3 Å². The Bertz CT molecular complexity index is 577. The summed E-state index contributed by atoms with van der Waals surface area (Å²) in [5.41, 5.74) is 2.03. The van der Waals surface area contributed by atoms with Crippen molar-refractivity contribution in [1.29, 1.82) is 0 Å². The van der Waals surface area contributed by atoms with E-state index in [2.05, 4.69) is 38.4 Å². The summed E-state index contributed by atoms with van der Waals surface area (Å²) in [6.07, 6.45) is 0.798. The number of nitrogens with one attached hydrogen (secondary N) is 1. The maximum absolute atomic E-state index is 13.1. The maximum atomic E-state index is 13.1. The lowest BCUT2D eigenvalue weighted by Gasteiger charge is -2.28. The standard InChI is InChI=1S/C17H23FN2S/c1-5-19-17(4,10-13-6-8-14(18)9-7-13)16-20-15(11-21-16)12(2)3/h6-9,11-12,19H,5,10H2,1-4H3. The Labute approximate surface area is 130 Å². The van der Waals surface area contributed by atoms with Crippen LogP contribution in [-0.2, 0) is 12.0 Å². The van der Waals surface area contributed by atoms with Crippen molar-refractivity contribution in [2.24, 2.45) is 0 Å². The summed E-state index contributed by atoms with van der Waals surface area (Å²) in [6.45, 7) is 9.45. The molecule has 0 aliphatic heterocycles. The molecule has 0 saturated heterocycles. The monoisotopic (exact) mass is 306 g/mol. The molecule has 2 aromatic rings. The molecule has 2 rings (SSSR count). The van der Waals surface area contributed by atoms with Crippen LogP contribution in [0, 0.1) is 5.82 Å². The number of hydrogen-bond donors (Lipinski definition) is 1. The Morgan fingerprint density at radius 2 is 1.95 bits per heavy atom. The van der Waals surface area contributed by atoms with E-state index in [1.165, 1.54) is 12.1 Å². The van der Waals surface area contributed by atoms with Gasteiger partial charge in [-0.25, -0.2) is 9.37 Å². The van der Waals surface area contributed by atoms with Crippen molar-refractivity contribution in [3.05, 3.63) is 51.7 Å². The third-order valence-corrected chi connectivity index (χ3v) is 4.75. The van der Waals surface area contributed by atoms with Crippen LogP contribution in [0.4, 0.5) is 4.39 Å². The molecule has 0 aliphatic carbocycles. The highest BCUT2D eigenvalue weighted by atomic mass is 32.1. The third-order valence-electron chi connectivity index (χ3n) is 3.62. The van der Waals surface area contributed by atoms with Gasteiger partial charge in [0.2, 0.25) is 0 Å². The lowest BCUT2D eigenvalue weighted by Crippen LogP contribution is -2.41. The van der Waals surface area contributed by atoms with Gasteiger partial charge in [0.1, 0.15) is 10.8 Å². The zero-order chi connectivity index (χ0) is 15.5. The van der Waals surface area contributed by atoms with Gasteiger partial charge in [0, 0.05) is 5.38 Å². The van der Waals surface area contributed by atoms with Gasteiger partial charge >= 0.3 is 0 Å². The average Bonchev–Trinajstić information content (AvgIpc) is 2.92. The zero-order valence-electron chi connectivity index (χ0n) is 13.1. The molecule has 0 aliphatic rings. The molecule has 21 heavy (non-hydrogen) atoms. The molecule has 2 nitrogen and oxygen atoms in total. The number of aromatic nitrogens is 1. The molecule has 0 bridgehead atoms. The lowest BCUT2D eigenvalue weighted by atomic mass is 9.93. The molecule has 1 aromatic heterocycles. The molecule has 0 fully saturated rings. The predicted octanol–water partition coefficient (Wildman–Crippen LogP) is 4.47. The number of benzene rings is 1. The first kappa shape index (κ1) is 16.1. The second kappa shape index (κ2) is 6.67. The van der Waals surface area contributed by atoms with Crippen molar-refractivity contribution < 1.29 is 4.39 Å². The van der Waals surface area contributed by atoms with Crippen molar-refractivity contribution in [2.45, 2.75) is 45.6 Å². The zero-order valence-corrected chi connectivity index (χ0v) is 13.9. The van der Waals surface area contributed by atoms with E-state index in [1.807, 2.05) is 12.1 Å². The predicted molar refractivity (Wildman–Crippen MR) is 87.3 cm³/mol. The van der Waals surface area contributed by atoms with Crippen LogP contribution >= 0.6 is 11.3 Å². The van der Waals surface area contributed by atoms with Gasteiger partial charge in [-0.05, 0) is 43.5 Å². The van der Waals surface area contributed by atoms with Crippen molar-refractivity contribution in [3.8, 4) is 0 Å². The fraction of sp³-hybridized carbons (Fsp3) is 0.471. The molecule has 0 radical (unpaired) electrons. The van der Waals surface area contributed by atoms with Crippen LogP contribution in [0.5, 0.6) is 0 Å². The SMILES string of the molecule is CCNC(C)(Cc1ccc(F)cc1)c1nc(C(C)C)cs1. The minimum absolute atomic E-state index is 0.194. The van der Waals surface area contributed by atoms with E-state index in [-0.39, 0.29) is 11.4 Å². The van der Waals surface area contributed by atoms with Crippen LogP contribution in [0.25, 0.3) is 0 Å². The number of halogens is 1. The van der Waals surface area contributed by atoms with Crippen molar-refractivity contribution in [3.63, 3.8) is 0 Å². The Kier molecular flexibility index (Phi) is 5.12. The number of nitrogens with zero attached hydrogens (tertiary/aromatic N) is 1. The first-order chi connectivity index (χ1) is 9.94. The first-order valence-corrected chi connectivity index (χ1v) is 8.28. The van der Waals surface area contributed by atoms with Crippen LogP contribution in [0.2, 0.25) is 0 Å². The second-order valence-electron chi connectivity index (χ2n) is 5.90. The van der Waals surface area contributed by atoms with E-state index in [0.29, 0.717) is 5.92 Å². The smallest absolute Gasteiger partial charge is 0.123 e. The maximum Gasteiger partial charge on any atom is 0.123 e. The summed E-state index contributed by atoms with van der Waals surface area (Å²) in [5, 5.41) is 6.78. The first-order valence-electron chi connectivity index (χ1n) is 7.40. The van der Waals surface area contributed by atoms with Crippen LogP contribution in [0.1, 0.15) is 49.9 Å². The Morgan fingerprint density at radius 3 is 2.48 bits per heavy atom. The summed E-state index contributed by atoms with van der Waals surface area (Å²) in [7, 11) is 0. The second-order valence-corrected chi connectivity index (χ2v) is 6.76. The highest BCUT2D eigenvalue weighted by Gasteiger charge is 2.29. The molecule has 0 spiro atoms. The highest BCUT2D eigenvalue weighted by molar-refractivity contribution is 7.09. The molecular weight excluding hydrogens is 283 g/mol. The molecule has 1 heterocycles. The van der Waals surface area contributed by atoms with Crippen LogP contribution in [-0.4, -0.2) is 11.5 Å². The largest absolute Gasteiger partial charge is 0.306 e. The van der Waals surface area contributed by atoms with E-state index in [4.69, 9.17) is 4.98 Å². The molecule has 0 saturated carbocycles. The summed E-state index contributed by atoms with van der Waals surface area (Å²) in [4.78, 5) is 4.80. The fourth-order valence-electron chi connectivity index (χ4n) is 2.42. The summed E-state index contributed by atoms with van der Waals surface area (Å²) >= 11 is 1.70. The van der Waals surface area contributed by atoms with Crippen LogP contribution in [0.15, 0.2) is 29.6 Å². The van der Waals surface area contributed by atoms with Crippen molar-refractivity contribution in [1.82, 2.24) is 10.3 Å². The number of rotatable bonds is 6. The Balaban J connectivity index is 2.27. The van der Waals surface area contributed by atoms with Gasteiger partial charge in [-0.1, -0.05) is 32.9 Å². The van der Waals surface area contributed by atoms with Gasteiger partial charge in [-0.15, -0.1) is 11.3 Å². The normalized spacial score (nSPS) is 14.4. The minimum Gasteiger partial charge on any atom is -0.306 e. The summed E-state index contributed by atoms with van der Waals surface area (Å²) in [5.74, 6) is 0.243. The van der Waals surface area contributed by atoms with Crippen LogP contribution in [0.3, 0.4) is 0 Å². The number of hydrogen-bond acceptors (Lipinski definition) is 3. The van der Waals surface area contributed by atoms with Crippen molar-refractivity contribution >= 4 is 11.3 Å². The molecule has 1 aromatic carbocycles. The van der Waals surface area contributed by atoms with Gasteiger partial charge < -0.3 is 5.32 Å². The van der Waals surface area contributed by atoms with Gasteiger partial charge in [0.25, 0.3) is 0 Å². The molecule has 114 valence electrons. The molecule has 0 amide bonds. The summed E-state index contributed by atoms with van der Waals surface area (Å²) < 4.78 is 13.1. The van der Waals surface area contributed by atoms with E-state index in [0.717, 1.165) is 29.2 Å². The van der Waals surface area contributed by atoms with Gasteiger partial charge in [0.15, 0.2) is 0 Å². The third kappa shape index (κ3) is 3.89. The lowest BCUT2D eigenvalue weighted by molar-refractivity contribution is 0.370. The molecule has 1 unspecified atom stereocenters. The van der Waals surface area contributed by atoms with Gasteiger partial charge in [0.05, 0.1) is 11.2 Å². The molecular formula is C17H23FN2S. The molecule has 4 heteroatoms. The average molecular weight is 306 g/mol. The quantitative estimate of drug-likeness (QED) is 0.851. The Hall–Kier alpha value is -1.26. The van der Waals surface area contributed by atoms with Gasteiger partial charge in [-0.3, -0.25) is 0 Å².